The SMILES string of the molecule is CCn1ccc(C(=O)Nc2cccnc2)n1. The first-order chi connectivity index (χ1) is 7.79. The Hall–Kier alpha value is -2.17. The van der Waals surface area contributed by atoms with E-state index >= 15 is 0 Å². The molecule has 0 unspecified atom stereocenters. The summed E-state index contributed by atoms with van der Waals surface area (Å²) in [7, 11) is 0. The predicted molar refractivity (Wildman–Crippen MR) is 60.1 cm³/mol. The maximum Gasteiger partial charge on any atom is 0.276 e. The molecule has 2 rings (SSSR count). The van der Waals surface area contributed by atoms with E-state index in [1.54, 1.807) is 41.5 Å². The van der Waals surface area contributed by atoms with E-state index in [1.807, 2.05) is 6.92 Å². The van der Waals surface area contributed by atoms with Crippen molar-refractivity contribution in [1.82, 2.24) is 14.8 Å². The van der Waals surface area contributed by atoms with Crippen molar-refractivity contribution in [3.05, 3.63) is 42.5 Å². The van der Waals surface area contributed by atoms with E-state index in [9.17, 15) is 4.79 Å². The van der Waals surface area contributed by atoms with Gasteiger partial charge in [-0.2, -0.15) is 5.10 Å². The van der Waals surface area contributed by atoms with Crippen LogP contribution in [0.5, 0.6) is 0 Å². The topological polar surface area (TPSA) is 59.8 Å². The minimum Gasteiger partial charge on any atom is -0.319 e. The number of pyridine rings is 1. The molecule has 0 aliphatic carbocycles. The Kier molecular flexibility index (Phi) is 2.95. The van der Waals surface area contributed by atoms with E-state index in [-0.39, 0.29) is 5.91 Å². The molecule has 82 valence electrons. The fourth-order valence-electron chi connectivity index (χ4n) is 1.29. The van der Waals surface area contributed by atoms with Gasteiger partial charge < -0.3 is 5.32 Å². The molecule has 0 saturated carbocycles. The van der Waals surface area contributed by atoms with Gasteiger partial charge in [-0.15, -0.1) is 0 Å². The molecule has 1 N–H and O–H groups in total. The minimum absolute atomic E-state index is 0.222. The maximum absolute atomic E-state index is 11.7. The number of anilines is 1. The van der Waals surface area contributed by atoms with Crippen LogP contribution < -0.4 is 5.32 Å². The van der Waals surface area contributed by atoms with E-state index in [4.69, 9.17) is 0 Å². The van der Waals surface area contributed by atoms with Gasteiger partial charge >= 0.3 is 0 Å². The van der Waals surface area contributed by atoms with Crippen LogP contribution in [0.25, 0.3) is 0 Å². The van der Waals surface area contributed by atoms with Crippen LogP contribution in [-0.4, -0.2) is 20.7 Å². The van der Waals surface area contributed by atoms with Crippen LogP contribution in [0.15, 0.2) is 36.8 Å². The van der Waals surface area contributed by atoms with E-state index in [0.717, 1.165) is 6.54 Å². The number of hydrogen-bond acceptors (Lipinski definition) is 3. The van der Waals surface area contributed by atoms with E-state index < -0.39 is 0 Å². The molecule has 0 aliphatic heterocycles. The molecule has 0 aliphatic rings. The largest absolute Gasteiger partial charge is 0.319 e. The second-order valence-corrected chi connectivity index (χ2v) is 3.25. The third-order valence-electron chi connectivity index (χ3n) is 2.12. The molecule has 0 saturated heterocycles. The lowest BCUT2D eigenvalue weighted by atomic mass is 10.3. The zero-order chi connectivity index (χ0) is 11.4. The van der Waals surface area contributed by atoms with Gasteiger partial charge in [0, 0.05) is 18.9 Å². The average molecular weight is 216 g/mol. The number of nitrogens with zero attached hydrogens (tertiary/aromatic N) is 3. The Labute approximate surface area is 93.1 Å². The average Bonchev–Trinajstić information content (AvgIpc) is 2.79. The number of aromatic nitrogens is 3. The number of rotatable bonds is 3. The Morgan fingerprint density at radius 2 is 2.38 bits per heavy atom. The standard InChI is InChI=1S/C11H12N4O/c1-2-15-7-5-10(14-15)11(16)13-9-4-3-6-12-8-9/h3-8H,2H2,1H3,(H,13,16). The monoisotopic (exact) mass is 216 g/mol. The van der Waals surface area contributed by atoms with Gasteiger partial charge in [-0.1, -0.05) is 0 Å². The number of carbonyl (C=O) groups is 1. The fraction of sp³-hybridized carbons (Fsp3) is 0.182. The van der Waals surface area contributed by atoms with E-state index in [2.05, 4.69) is 15.4 Å². The molecule has 0 bridgehead atoms. The molecule has 5 nitrogen and oxygen atoms in total. The molecule has 2 heterocycles. The number of amides is 1. The molecule has 0 spiro atoms. The van der Waals surface area contributed by atoms with Crippen molar-refractivity contribution in [2.45, 2.75) is 13.5 Å². The van der Waals surface area contributed by atoms with Crippen LogP contribution in [0.3, 0.4) is 0 Å². The molecule has 2 aromatic heterocycles. The summed E-state index contributed by atoms with van der Waals surface area (Å²) in [4.78, 5) is 15.6. The van der Waals surface area contributed by atoms with Gasteiger partial charge in [-0.05, 0) is 25.1 Å². The van der Waals surface area contributed by atoms with Crippen molar-refractivity contribution in [1.29, 1.82) is 0 Å². The molecule has 1 amide bonds. The molecule has 0 fully saturated rings. The summed E-state index contributed by atoms with van der Waals surface area (Å²) in [5.74, 6) is -0.222. The molecule has 0 atom stereocenters. The summed E-state index contributed by atoms with van der Waals surface area (Å²) in [6, 6.07) is 5.23. The van der Waals surface area contributed by atoms with E-state index in [0.29, 0.717) is 11.4 Å². The molecule has 5 heteroatoms. The predicted octanol–water partition coefficient (Wildman–Crippen LogP) is 1.55. The summed E-state index contributed by atoms with van der Waals surface area (Å²) < 4.78 is 1.71. The van der Waals surface area contributed by atoms with Crippen molar-refractivity contribution >= 4 is 11.6 Å². The Morgan fingerprint density at radius 1 is 1.50 bits per heavy atom. The molecular weight excluding hydrogens is 204 g/mol. The molecular formula is C11H12N4O. The van der Waals surface area contributed by atoms with Gasteiger partial charge in [0.25, 0.3) is 5.91 Å². The highest BCUT2D eigenvalue weighted by Gasteiger charge is 2.08. The number of nitrogens with one attached hydrogen (secondary N) is 1. The quantitative estimate of drug-likeness (QED) is 0.846. The van der Waals surface area contributed by atoms with Crippen molar-refractivity contribution in [2.24, 2.45) is 0 Å². The third kappa shape index (κ3) is 2.25. The first-order valence-corrected chi connectivity index (χ1v) is 5.04. The number of carbonyl (C=O) groups excluding carboxylic acids is 1. The van der Waals surface area contributed by atoms with Gasteiger partial charge in [0.2, 0.25) is 0 Å². The van der Waals surface area contributed by atoms with Gasteiger partial charge in [0.15, 0.2) is 5.69 Å². The van der Waals surface area contributed by atoms with Crippen LogP contribution in [0, 0.1) is 0 Å². The first-order valence-electron chi connectivity index (χ1n) is 5.04. The fourth-order valence-corrected chi connectivity index (χ4v) is 1.29. The van der Waals surface area contributed by atoms with Crippen molar-refractivity contribution in [3.8, 4) is 0 Å². The van der Waals surface area contributed by atoms with Crippen molar-refractivity contribution < 1.29 is 4.79 Å². The molecule has 0 aromatic carbocycles. The Balaban J connectivity index is 2.09. The molecule has 0 radical (unpaired) electrons. The zero-order valence-electron chi connectivity index (χ0n) is 8.92. The highest BCUT2D eigenvalue weighted by Crippen LogP contribution is 2.05. The number of hydrogen-bond donors (Lipinski definition) is 1. The summed E-state index contributed by atoms with van der Waals surface area (Å²) in [6.07, 6.45) is 5.02. The van der Waals surface area contributed by atoms with Crippen LogP contribution in [0.2, 0.25) is 0 Å². The van der Waals surface area contributed by atoms with E-state index in [1.165, 1.54) is 0 Å². The normalized spacial score (nSPS) is 10.1. The second kappa shape index (κ2) is 4.57. The molecule has 16 heavy (non-hydrogen) atoms. The highest BCUT2D eigenvalue weighted by atomic mass is 16.1. The molecule has 2 aromatic rings. The second-order valence-electron chi connectivity index (χ2n) is 3.25. The van der Waals surface area contributed by atoms with Crippen LogP contribution in [0.4, 0.5) is 5.69 Å². The summed E-state index contributed by atoms with van der Waals surface area (Å²) in [6.45, 7) is 2.72. The Morgan fingerprint density at radius 3 is 3.00 bits per heavy atom. The summed E-state index contributed by atoms with van der Waals surface area (Å²) in [5, 5.41) is 6.83. The van der Waals surface area contributed by atoms with Crippen LogP contribution in [-0.2, 0) is 6.54 Å². The first kappa shape index (κ1) is 10.4. The van der Waals surface area contributed by atoms with Crippen molar-refractivity contribution in [3.63, 3.8) is 0 Å². The van der Waals surface area contributed by atoms with Crippen LogP contribution >= 0.6 is 0 Å². The van der Waals surface area contributed by atoms with Crippen molar-refractivity contribution in [2.75, 3.05) is 5.32 Å². The lowest BCUT2D eigenvalue weighted by Crippen LogP contribution is -2.13. The zero-order valence-corrected chi connectivity index (χ0v) is 8.92. The highest BCUT2D eigenvalue weighted by molar-refractivity contribution is 6.02. The Bertz CT molecular complexity index is 478. The number of aryl methyl sites for hydroxylation is 1. The smallest absolute Gasteiger partial charge is 0.276 e. The lowest BCUT2D eigenvalue weighted by molar-refractivity contribution is 0.102. The van der Waals surface area contributed by atoms with Gasteiger partial charge in [-0.3, -0.25) is 14.5 Å². The minimum atomic E-state index is -0.222. The van der Waals surface area contributed by atoms with Gasteiger partial charge in [0.05, 0.1) is 11.9 Å². The van der Waals surface area contributed by atoms with Gasteiger partial charge in [0.1, 0.15) is 0 Å². The summed E-state index contributed by atoms with van der Waals surface area (Å²) >= 11 is 0. The van der Waals surface area contributed by atoms with Gasteiger partial charge in [-0.25, -0.2) is 0 Å². The third-order valence-corrected chi connectivity index (χ3v) is 2.12. The maximum atomic E-state index is 11.7. The van der Waals surface area contributed by atoms with Crippen LogP contribution in [0.1, 0.15) is 17.4 Å². The lowest BCUT2D eigenvalue weighted by Gasteiger charge is -2.01. The summed E-state index contributed by atoms with van der Waals surface area (Å²) in [5.41, 5.74) is 1.07.